The average Bonchev–Trinajstić information content (AvgIpc) is 2.93. The smallest absolute Gasteiger partial charge is 0.228 e. The minimum Gasteiger partial charge on any atom is -0.444 e. The highest BCUT2D eigenvalue weighted by molar-refractivity contribution is 6.30. The maximum atomic E-state index is 11.9. The molecule has 2 aromatic rings. The van der Waals surface area contributed by atoms with Crippen LogP contribution in [0.15, 0.2) is 34.9 Å². The van der Waals surface area contributed by atoms with E-state index in [2.05, 4.69) is 4.98 Å². The number of nitriles is 1. The van der Waals surface area contributed by atoms with Crippen molar-refractivity contribution < 1.29 is 9.21 Å². The molecule has 1 aromatic heterocycles. The Kier molecular flexibility index (Phi) is 4.96. The Labute approximate surface area is 127 Å². The van der Waals surface area contributed by atoms with Crippen LogP contribution in [-0.4, -0.2) is 29.4 Å². The molecule has 108 valence electrons. The van der Waals surface area contributed by atoms with Gasteiger partial charge in [0.1, 0.15) is 6.26 Å². The number of aromatic nitrogens is 1. The highest BCUT2D eigenvalue weighted by Crippen LogP contribution is 2.21. The molecule has 0 saturated carbocycles. The fourth-order valence-electron chi connectivity index (χ4n) is 1.75. The standard InChI is InChI=1S/C15H14ClN3O2/c1-19(8-2-7-17)14(20)9-13-10-21-15(18-13)11-3-5-12(16)6-4-11/h3-6,10H,2,8-9H2,1H3. The van der Waals surface area contributed by atoms with E-state index in [9.17, 15) is 4.79 Å². The number of rotatable bonds is 5. The highest BCUT2D eigenvalue weighted by atomic mass is 35.5. The molecule has 0 saturated heterocycles. The summed E-state index contributed by atoms with van der Waals surface area (Å²) in [5.74, 6) is 0.357. The molecule has 5 nitrogen and oxygen atoms in total. The number of carbonyl (C=O) groups is 1. The molecule has 2 rings (SSSR count). The lowest BCUT2D eigenvalue weighted by molar-refractivity contribution is -0.129. The fraction of sp³-hybridized carbons (Fsp3) is 0.267. The van der Waals surface area contributed by atoms with Crippen molar-refractivity contribution in [1.82, 2.24) is 9.88 Å². The van der Waals surface area contributed by atoms with Gasteiger partial charge in [0, 0.05) is 24.2 Å². The number of hydrogen-bond acceptors (Lipinski definition) is 4. The lowest BCUT2D eigenvalue weighted by Crippen LogP contribution is -2.29. The number of oxazole rings is 1. The summed E-state index contributed by atoms with van der Waals surface area (Å²) >= 11 is 5.83. The molecule has 1 heterocycles. The topological polar surface area (TPSA) is 70.1 Å². The molecule has 0 aliphatic heterocycles. The number of amides is 1. The van der Waals surface area contributed by atoms with Crippen molar-refractivity contribution in [2.45, 2.75) is 12.8 Å². The van der Waals surface area contributed by atoms with Crippen LogP contribution in [0.3, 0.4) is 0 Å². The molecule has 0 atom stereocenters. The fourth-order valence-corrected chi connectivity index (χ4v) is 1.87. The van der Waals surface area contributed by atoms with Crippen molar-refractivity contribution in [1.29, 1.82) is 5.26 Å². The molecule has 0 fully saturated rings. The summed E-state index contributed by atoms with van der Waals surface area (Å²) in [6, 6.07) is 9.12. The quantitative estimate of drug-likeness (QED) is 0.851. The van der Waals surface area contributed by atoms with Gasteiger partial charge in [-0.25, -0.2) is 4.98 Å². The Morgan fingerprint density at radius 3 is 2.81 bits per heavy atom. The zero-order valence-electron chi connectivity index (χ0n) is 11.5. The van der Waals surface area contributed by atoms with Crippen molar-refractivity contribution in [2.75, 3.05) is 13.6 Å². The summed E-state index contributed by atoms with van der Waals surface area (Å²) in [6.45, 7) is 0.414. The monoisotopic (exact) mass is 303 g/mol. The van der Waals surface area contributed by atoms with E-state index >= 15 is 0 Å². The van der Waals surface area contributed by atoms with Crippen molar-refractivity contribution in [3.63, 3.8) is 0 Å². The van der Waals surface area contributed by atoms with Gasteiger partial charge in [-0.05, 0) is 24.3 Å². The van der Waals surface area contributed by atoms with Crippen molar-refractivity contribution >= 4 is 17.5 Å². The van der Waals surface area contributed by atoms with Gasteiger partial charge in [0.15, 0.2) is 0 Å². The van der Waals surface area contributed by atoms with E-state index in [1.165, 1.54) is 11.2 Å². The highest BCUT2D eigenvalue weighted by Gasteiger charge is 2.13. The second kappa shape index (κ2) is 6.91. The number of nitrogens with zero attached hydrogens (tertiary/aromatic N) is 3. The van der Waals surface area contributed by atoms with Gasteiger partial charge in [-0.1, -0.05) is 11.6 Å². The molecule has 0 aliphatic carbocycles. The minimum absolute atomic E-state index is 0.0961. The number of carbonyl (C=O) groups excluding carboxylic acids is 1. The van der Waals surface area contributed by atoms with Crippen molar-refractivity contribution in [3.05, 3.63) is 41.2 Å². The molecule has 1 amide bonds. The predicted molar refractivity (Wildman–Crippen MR) is 78.5 cm³/mol. The molecular weight excluding hydrogens is 290 g/mol. The van der Waals surface area contributed by atoms with Gasteiger partial charge < -0.3 is 9.32 Å². The summed E-state index contributed by atoms with van der Waals surface area (Å²) in [4.78, 5) is 17.7. The van der Waals surface area contributed by atoms with Crippen LogP contribution in [-0.2, 0) is 11.2 Å². The van der Waals surface area contributed by atoms with E-state index in [0.717, 1.165) is 5.56 Å². The van der Waals surface area contributed by atoms with Crippen LogP contribution in [0.4, 0.5) is 0 Å². The second-order valence-corrected chi connectivity index (χ2v) is 4.99. The van der Waals surface area contributed by atoms with Gasteiger partial charge in [-0.2, -0.15) is 5.26 Å². The predicted octanol–water partition coefficient (Wildman–Crippen LogP) is 2.91. The Hall–Kier alpha value is -2.32. The Morgan fingerprint density at radius 2 is 2.14 bits per heavy atom. The second-order valence-electron chi connectivity index (χ2n) is 4.55. The van der Waals surface area contributed by atoms with Crippen LogP contribution < -0.4 is 0 Å². The molecule has 0 N–H and O–H groups in total. The molecule has 0 aliphatic rings. The summed E-state index contributed by atoms with van der Waals surface area (Å²) in [7, 11) is 1.67. The van der Waals surface area contributed by atoms with Crippen LogP contribution in [0.25, 0.3) is 11.5 Å². The van der Waals surface area contributed by atoms with E-state index in [1.54, 1.807) is 31.3 Å². The number of halogens is 1. The summed E-state index contributed by atoms with van der Waals surface area (Å²) in [5, 5.41) is 9.15. The zero-order valence-corrected chi connectivity index (χ0v) is 12.3. The van der Waals surface area contributed by atoms with Crippen LogP contribution in [0.1, 0.15) is 12.1 Å². The Morgan fingerprint density at radius 1 is 1.43 bits per heavy atom. The average molecular weight is 304 g/mol. The minimum atomic E-state index is -0.0961. The molecule has 21 heavy (non-hydrogen) atoms. The molecule has 6 heteroatoms. The first-order valence-electron chi connectivity index (χ1n) is 6.41. The molecular formula is C15H14ClN3O2. The third kappa shape index (κ3) is 4.07. The van der Waals surface area contributed by atoms with E-state index < -0.39 is 0 Å². The normalized spacial score (nSPS) is 10.1. The maximum Gasteiger partial charge on any atom is 0.228 e. The molecule has 0 bridgehead atoms. The van der Waals surface area contributed by atoms with Crippen molar-refractivity contribution in [2.24, 2.45) is 0 Å². The Bertz CT molecular complexity index is 658. The third-order valence-corrected chi connectivity index (χ3v) is 3.21. The lowest BCUT2D eigenvalue weighted by atomic mass is 10.2. The molecule has 0 spiro atoms. The molecule has 1 aromatic carbocycles. The zero-order chi connectivity index (χ0) is 15.2. The number of benzene rings is 1. The van der Waals surface area contributed by atoms with Gasteiger partial charge in [0.25, 0.3) is 0 Å². The van der Waals surface area contributed by atoms with Gasteiger partial charge >= 0.3 is 0 Å². The third-order valence-electron chi connectivity index (χ3n) is 2.96. The maximum absolute atomic E-state index is 11.9. The van der Waals surface area contributed by atoms with Crippen LogP contribution in [0, 0.1) is 11.3 Å². The van der Waals surface area contributed by atoms with E-state index in [4.69, 9.17) is 21.3 Å². The van der Waals surface area contributed by atoms with Gasteiger partial charge in [-0.15, -0.1) is 0 Å². The van der Waals surface area contributed by atoms with Crippen LogP contribution in [0.2, 0.25) is 5.02 Å². The summed E-state index contributed by atoms with van der Waals surface area (Å²) < 4.78 is 5.38. The van der Waals surface area contributed by atoms with Gasteiger partial charge in [0.2, 0.25) is 11.8 Å². The van der Waals surface area contributed by atoms with E-state index in [-0.39, 0.29) is 12.3 Å². The first-order valence-corrected chi connectivity index (χ1v) is 6.79. The largest absolute Gasteiger partial charge is 0.444 e. The summed E-state index contributed by atoms with van der Waals surface area (Å²) in [6.07, 6.45) is 1.94. The summed E-state index contributed by atoms with van der Waals surface area (Å²) in [5.41, 5.74) is 1.37. The van der Waals surface area contributed by atoms with Gasteiger partial charge in [0.05, 0.1) is 24.6 Å². The van der Waals surface area contributed by atoms with Crippen LogP contribution in [0.5, 0.6) is 0 Å². The SMILES string of the molecule is CN(CCC#N)C(=O)Cc1coc(-c2ccc(Cl)cc2)n1. The number of hydrogen-bond donors (Lipinski definition) is 0. The molecule has 0 radical (unpaired) electrons. The van der Waals surface area contributed by atoms with E-state index in [0.29, 0.717) is 29.6 Å². The first kappa shape index (κ1) is 15.1. The van der Waals surface area contributed by atoms with Crippen LogP contribution >= 0.6 is 11.6 Å². The number of likely N-dealkylation sites (N-methyl/N-ethyl adjacent to an activating group) is 1. The first-order chi connectivity index (χ1) is 10.1. The Balaban J connectivity index is 2.02. The van der Waals surface area contributed by atoms with Gasteiger partial charge in [-0.3, -0.25) is 4.79 Å². The molecule has 0 unspecified atom stereocenters. The van der Waals surface area contributed by atoms with E-state index in [1.807, 2.05) is 6.07 Å². The van der Waals surface area contributed by atoms with Crippen molar-refractivity contribution in [3.8, 4) is 17.5 Å². The lowest BCUT2D eigenvalue weighted by Gasteiger charge is -2.14.